The molecule has 3 rings (SSSR count). The maximum absolute atomic E-state index is 12.9. The van der Waals surface area contributed by atoms with Crippen molar-refractivity contribution in [2.24, 2.45) is 7.05 Å². The van der Waals surface area contributed by atoms with Gasteiger partial charge in [0.25, 0.3) is 0 Å². The monoisotopic (exact) mass is 410 g/mol. The predicted molar refractivity (Wildman–Crippen MR) is 99.2 cm³/mol. The van der Waals surface area contributed by atoms with Crippen LogP contribution in [0.25, 0.3) is 28.6 Å². The summed E-state index contributed by atoms with van der Waals surface area (Å²) in [5, 5.41) is 0. The highest BCUT2D eigenvalue weighted by Crippen LogP contribution is 2.32. The highest BCUT2D eigenvalue weighted by Gasteiger charge is 2.33. The smallest absolute Gasteiger partial charge is 0.324 e. The normalized spacial score (nSPS) is 12.9. The van der Waals surface area contributed by atoms with E-state index in [-0.39, 0.29) is 27.7 Å². The van der Waals surface area contributed by atoms with Gasteiger partial charge in [0.2, 0.25) is 0 Å². The first kappa shape index (κ1) is 20.0. The first-order valence-corrected chi connectivity index (χ1v) is 9.99. The summed E-state index contributed by atoms with van der Waals surface area (Å²) in [5.41, 5.74) is 0.00375. The molecule has 0 aromatic carbocycles. The number of sulfone groups is 1. The molecule has 28 heavy (non-hydrogen) atoms. The minimum Gasteiger partial charge on any atom is -0.324 e. The molecule has 3 aromatic heterocycles. The van der Waals surface area contributed by atoms with Gasteiger partial charge in [-0.2, -0.15) is 13.2 Å². The number of aryl methyl sites for hydroxylation is 1. The van der Waals surface area contributed by atoms with Crippen molar-refractivity contribution in [3.05, 3.63) is 41.9 Å². The summed E-state index contributed by atoms with van der Waals surface area (Å²) in [7, 11) is -2.08. The fourth-order valence-electron chi connectivity index (χ4n) is 2.76. The van der Waals surface area contributed by atoms with E-state index in [0.717, 1.165) is 12.3 Å². The van der Waals surface area contributed by atoms with E-state index in [1.165, 1.54) is 23.8 Å². The molecule has 0 N–H and O–H groups in total. The lowest BCUT2D eigenvalue weighted by atomic mass is 10.2. The van der Waals surface area contributed by atoms with E-state index in [0.29, 0.717) is 11.1 Å². The lowest BCUT2D eigenvalue weighted by Gasteiger charge is -2.10. The second-order valence-corrected chi connectivity index (χ2v) is 8.32. The summed E-state index contributed by atoms with van der Waals surface area (Å²) in [5.74, 6) is 0.000190. The van der Waals surface area contributed by atoms with Crippen LogP contribution in [0.4, 0.5) is 13.2 Å². The minimum atomic E-state index is -4.60. The number of allylic oxidation sites excluding steroid dienone is 1. The third-order valence-electron chi connectivity index (χ3n) is 4.22. The Balaban J connectivity index is 2.28. The van der Waals surface area contributed by atoms with Crippen molar-refractivity contribution in [2.45, 2.75) is 24.9 Å². The van der Waals surface area contributed by atoms with Crippen LogP contribution in [-0.4, -0.2) is 33.7 Å². The van der Waals surface area contributed by atoms with Crippen molar-refractivity contribution in [1.29, 1.82) is 0 Å². The molecule has 0 fully saturated rings. The first-order valence-electron chi connectivity index (χ1n) is 8.34. The number of nitrogens with zero attached hydrogens (tertiary/aromatic N) is 4. The van der Waals surface area contributed by atoms with Crippen LogP contribution >= 0.6 is 0 Å². The fourth-order valence-corrected chi connectivity index (χ4v) is 3.82. The van der Waals surface area contributed by atoms with Crippen LogP contribution in [0.5, 0.6) is 0 Å². The third-order valence-corrected chi connectivity index (χ3v) is 5.96. The number of alkyl halides is 3. The number of hydrogen-bond acceptors (Lipinski definition) is 5. The fraction of sp³-hybridized carbons (Fsp3) is 0.278. The SMILES string of the molecule is C/C=C/c1cnc(-c2nc3cc(C(F)(F)F)ncc3n2C)c(S(=O)(=O)CC)c1. The van der Waals surface area contributed by atoms with Crippen LogP contribution in [0, 0.1) is 0 Å². The Labute approximate surface area is 159 Å². The molecule has 0 saturated heterocycles. The van der Waals surface area contributed by atoms with Crippen LogP contribution in [0.15, 0.2) is 35.5 Å². The molecule has 10 heteroatoms. The topological polar surface area (TPSA) is 77.7 Å². The van der Waals surface area contributed by atoms with Crippen molar-refractivity contribution in [3.8, 4) is 11.5 Å². The van der Waals surface area contributed by atoms with Crippen molar-refractivity contribution in [1.82, 2.24) is 19.5 Å². The molecule has 3 aromatic rings. The number of aromatic nitrogens is 4. The molecule has 0 bridgehead atoms. The van der Waals surface area contributed by atoms with Crippen LogP contribution in [0.1, 0.15) is 25.1 Å². The van der Waals surface area contributed by atoms with E-state index in [2.05, 4.69) is 15.0 Å². The zero-order valence-electron chi connectivity index (χ0n) is 15.3. The summed E-state index contributed by atoms with van der Waals surface area (Å²) < 4.78 is 65.5. The molecule has 6 nitrogen and oxygen atoms in total. The molecule has 148 valence electrons. The van der Waals surface area contributed by atoms with E-state index >= 15 is 0 Å². The second-order valence-electron chi connectivity index (χ2n) is 6.07. The van der Waals surface area contributed by atoms with Gasteiger partial charge in [0.15, 0.2) is 15.7 Å². The molecule has 0 aliphatic carbocycles. The van der Waals surface area contributed by atoms with E-state index in [1.54, 1.807) is 26.1 Å². The summed E-state index contributed by atoms with van der Waals surface area (Å²) >= 11 is 0. The standard InChI is InChI=1S/C18H17F3N4O2S/c1-4-6-11-7-14(28(26,27)5-2)16(23-9-11)17-24-12-8-15(18(19,20)21)22-10-13(12)25(17)3/h4,6-10H,5H2,1-3H3/b6-4+. The van der Waals surface area contributed by atoms with Crippen molar-refractivity contribution < 1.29 is 21.6 Å². The molecular formula is C18H17F3N4O2S. The predicted octanol–water partition coefficient (Wildman–Crippen LogP) is 3.88. The molecule has 0 atom stereocenters. The highest BCUT2D eigenvalue weighted by molar-refractivity contribution is 7.91. The molecular weight excluding hydrogens is 393 g/mol. The van der Waals surface area contributed by atoms with Gasteiger partial charge in [-0.1, -0.05) is 19.1 Å². The number of rotatable bonds is 4. The van der Waals surface area contributed by atoms with Gasteiger partial charge in [-0.3, -0.25) is 4.98 Å². The van der Waals surface area contributed by atoms with E-state index in [4.69, 9.17) is 0 Å². The molecule has 0 spiro atoms. The number of halogens is 3. The minimum absolute atomic E-state index is 0.0204. The number of fused-ring (bicyclic) bond motifs is 1. The third kappa shape index (κ3) is 3.51. The molecule has 0 aliphatic rings. The molecule has 0 radical (unpaired) electrons. The maximum Gasteiger partial charge on any atom is 0.433 e. The van der Waals surface area contributed by atoms with E-state index in [9.17, 15) is 21.6 Å². The zero-order valence-corrected chi connectivity index (χ0v) is 16.1. The molecule has 3 heterocycles. The lowest BCUT2D eigenvalue weighted by Crippen LogP contribution is -2.09. The Morgan fingerprint density at radius 3 is 2.50 bits per heavy atom. The van der Waals surface area contributed by atoms with Gasteiger partial charge in [0, 0.05) is 13.2 Å². The summed E-state index contributed by atoms with van der Waals surface area (Å²) in [4.78, 5) is 11.9. The molecule has 0 saturated carbocycles. The first-order chi connectivity index (χ1) is 13.1. The molecule has 0 amide bonds. The molecule has 0 unspecified atom stereocenters. The quantitative estimate of drug-likeness (QED) is 0.652. The Morgan fingerprint density at radius 1 is 1.18 bits per heavy atom. The summed E-state index contributed by atoms with van der Waals surface area (Å²) in [6.07, 6.45) is 1.41. The van der Waals surface area contributed by atoms with Gasteiger partial charge in [0.05, 0.1) is 27.9 Å². The second kappa shape index (κ2) is 7.01. The average molecular weight is 410 g/mol. The average Bonchev–Trinajstić information content (AvgIpc) is 2.97. The number of imidazole rings is 1. The Bertz CT molecular complexity index is 1180. The van der Waals surface area contributed by atoms with Crippen LogP contribution in [0.2, 0.25) is 0 Å². The van der Waals surface area contributed by atoms with Gasteiger partial charge < -0.3 is 4.57 Å². The summed E-state index contributed by atoms with van der Waals surface area (Å²) in [6.45, 7) is 3.30. The Morgan fingerprint density at radius 2 is 1.89 bits per heavy atom. The summed E-state index contributed by atoms with van der Waals surface area (Å²) in [6, 6.07) is 2.32. The number of hydrogen-bond donors (Lipinski definition) is 0. The van der Waals surface area contributed by atoms with E-state index < -0.39 is 21.7 Å². The van der Waals surface area contributed by atoms with Crippen molar-refractivity contribution in [2.75, 3.05) is 5.75 Å². The number of pyridine rings is 2. The largest absolute Gasteiger partial charge is 0.433 e. The van der Waals surface area contributed by atoms with Crippen molar-refractivity contribution in [3.63, 3.8) is 0 Å². The highest BCUT2D eigenvalue weighted by atomic mass is 32.2. The van der Waals surface area contributed by atoms with E-state index in [1.807, 2.05) is 0 Å². The zero-order chi connectivity index (χ0) is 20.7. The molecule has 0 aliphatic heterocycles. The van der Waals surface area contributed by atoms with Gasteiger partial charge in [-0.05, 0) is 24.6 Å². The van der Waals surface area contributed by atoms with Crippen LogP contribution in [-0.2, 0) is 23.1 Å². The van der Waals surface area contributed by atoms with Gasteiger partial charge in [0.1, 0.15) is 11.4 Å². The van der Waals surface area contributed by atoms with Crippen molar-refractivity contribution >= 4 is 26.9 Å². The Hall–Kier alpha value is -2.75. The van der Waals surface area contributed by atoms with Crippen LogP contribution < -0.4 is 0 Å². The van der Waals surface area contributed by atoms with Gasteiger partial charge in [-0.25, -0.2) is 18.4 Å². The maximum atomic E-state index is 12.9. The van der Waals surface area contributed by atoms with Gasteiger partial charge in [-0.15, -0.1) is 0 Å². The van der Waals surface area contributed by atoms with Gasteiger partial charge >= 0.3 is 6.18 Å². The Kier molecular flexibility index (Phi) is 5.00. The van der Waals surface area contributed by atoms with Crippen LogP contribution in [0.3, 0.4) is 0 Å². The lowest BCUT2D eigenvalue weighted by molar-refractivity contribution is -0.141.